The molecule has 0 aromatic rings. The fourth-order valence-corrected chi connectivity index (χ4v) is 6.76. The topological polar surface area (TPSA) is 78.9 Å². The Kier molecular flexibility index (Phi) is 50.0. The molecule has 0 aliphatic rings. The molecule has 66 heavy (non-hydrogen) atoms. The van der Waals surface area contributed by atoms with Crippen molar-refractivity contribution in [2.75, 3.05) is 13.2 Å². The van der Waals surface area contributed by atoms with Crippen LogP contribution in [-0.2, 0) is 28.6 Å². The van der Waals surface area contributed by atoms with E-state index >= 15 is 0 Å². The highest BCUT2D eigenvalue weighted by Gasteiger charge is 2.19. The summed E-state index contributed by atoms with van der Waals surface area (Å²) in [5.41, 5.74) is 0. The van der Waals surface area contributed by atoms with Gasteiger partial charge in [-0.15, -0.1) is 0 Å². The van der Waals surface area contributed by atoms with Gasteiger partial charge in [0.2, 0.25) is 0 Å². The Morgan fingerprint density at radius 3 is 0.924 bits per heavy atom. The molecule has 0 rings (SSSR count). The summed E-state index contributed by atoms with van der Waals surface area (Å²) in [7, 11) is 0. The molecule has 0 heterocycles. The minimum absolute atomic E-state index is 0.0871. The van der Waals surface area contributed by atoms with Crippen molar-refractivity contribution in [1.82, 2.24) is 0 Å². The lowest BCUT2D eigenvalue weighted by Gasteiger charge is -2.18. The summed E-state index contributed by atoms with van der Waals surface area (Å²) in [5, 5.41) is 0. The average Bonchev–Trinajstić information content (AvgIpc) is 3.31. The lowest BCUT2D eigenvalue weighted by atomic mass is 10.1. The van der Waals surface area contributed by atoms with Crippen LogP contribution in [-0.4, -0.2) is 37.2 Å². The largest absolute Gasteiger partial charge is 0.462 e. The van der Waals surface area contributed by atoms with Gasteiger partial charge in [0.15, 0.2) is 6.10 Å². The third-order valence-corrected chi connectivity index (χ3v) is 10.7. The van der Waals surface area contributed by atoms with Crippen molar-refractivity contribution in [3.8, 4) is 0 Å². The van der Waals surface area contributed by atoms with E-state index in [4.69, 9.17) is 14.2 Å². The van der Waals surface area contributed by atoms with Crippen LogP contribution in [0.15, 0.2) is 122 Å². The maximum absolute atomic E-state index is 12.6. The zero-order chi connectivity index (χ0) is 47.9. The second kappa shape index (κ2) is 53.4. The predicted octanol–water partition coefficient (Wildman–Crippen LogP) is 17.7. The molecule has 0 N–H and O–H groups in total. The standard InChI is InChI=1S/C60H96O6/c1-4-7-10-13-16-17-18-19-20-21-22-23-24-25-26-27-28-29-30-31-32-33-34-35-36-37-38-39-40-41-42-43-45-47-50-53-59(62)65-56-57(55-64-58(61)52-49-46-15-12-9-6-3)66-60(63)54-51-48-44-14-11-8-5-2/h7,10,16-17,19-20,22-23,25-26,28-29,31-32,34-35,37-38,40-41,57H,4-6,8-9,11-15,18,21,24,27,30,33,36,39,42-56H2,1-3H3/b10-7-,17-16-,20-19-,23-22-,26-25-,29-28-,32-31-,35-34-,38-37-,41-40-. The predicted molar refractivity (Wildman–Crippen MR) is 283 cm³/mol. The number of carbonyl (C=O) groups is 3. The number of carbonyl (C=O) groups excluding carboxylic acids is 3. The monoisotopic (exact) mass is 913 g/mol. The Hall–Kier alpha value is -4.19. The third kappa shape index (κ3) is 50.8. The van der Waals surface area contributed by atoms with Crippen LogP contribution in [0.1, 0.15) is 220 Å². The number of unbranched alkanes of at least 4 members (excludes halogenated alkanes) is 15. The minimum atomic E-state index is -0.782. The molecule has 0 amide bonds. The molecule has 6 heteroatoms. The number of hydrogen-bond donors (Lipinski definition) is 0. The van der Waals surface area contributed by atoms with E-state index in [-0.39, 0.29) is 31.1 Å². The highest BCUT2D eigenvalue weighted by atomic mass is 16.6. The molecule has 1 atom stereocenters. The van der Waals surface area contributed by atoms with Crippen molar-refractivity contribution in [1.29, 1.82) is 0 Å². The van der Waals surface area contributed by atoms with Gasteiger partial charge < -0.3 is 14.2 Å². The fraction of sp³-hybridized carbons (Fsp3) is 0.617. The minimum Gasteiger partial charge on any atom is -0.462 e. The van der Waals surface area contributed by atoms with E-state index in [1.807, 2.05) is 0 Å². The molecule has 0 aromatic carbocycles. The van der Waals surface area contributed by atoms with Crippen LogP contribution in [0.2, 0.25) is 0 Å². The van der Waals surface area contributed by atoms with E-state index in [9.17, 15) is 14.4 Å². The number of allylic oxidation sites excluding steroid dienone is 20. The molecule has 0 aromatic heterocycles. The van der Waals surface area contributed by atoms with Crippen LogP contribution in [0.25, 0.3) is 0 Å². The van der Waals surface area contributed by atoms with Crippen LogP contribution in [0.5, 0.6) is 0 Å². The summed E-state index contributed by atoms with van der Waals surface area (Å²) >= 11 is 0. The Labute approximate surface area is 405 Å². The van der Waals surface area contributed by atoms with Gasteiger partial charge >= 0.3 is 17.9 Å². The van der Waals surface area contributed by atoms with Crippen molar-refractivity contribution in [3.63, 3.8) is 0 Å². The van der Waals surface area contributed by atoms with Gasteiger partial charge in [-0.1, -0.05) is 226 Å². The van der Waals surface area contributed by atoms with Crippen molar-refractivity contribution in [3.05, 3.63) is 122 Å². The molecule has 1 unspecified atom stereocenters. The number of hydrogen-bond acceptors (Lipinski definition) is 6. The molecule has 0 aliphatic carbocycles. The molecule has 6 nitrogen and oxygen atoms in total. The Morgan fingerprint density at radius 1 is 0.318 bits per heavy atom. The van der Waals surface area contributed by atoms with Gasteiger partial charge in [0.1, 0.15) is 13.2 Å². The first-order chi connectivity index (χ1) is 32.5. The third-order valence-electron chi connectivity index (χ3n) is 10.7. The summed E-state index contributed by atoms with van der Waals surface area (Å²) in [4.78, 5) is 37.5. The summed E-state index contributed by atoms with van der Waals surface area (Å²) in [6, 6.07) is 0. The SMILES string of the molecule is CC/C=C\C/C=C\C/C=C\C/C=C\C/C=C\C/C=C\C/C=C\C/C=C\C/C=C\C/C=C\CCCCCCC(=O)OCC(COC(=O)CCCCCCCC)OC(=O)CCCCCCCCC. The van der Waals surface area contributed by atoms with Crippen molar-refractivity contribution >= 4 is 17.9 Å². The molecular weight excluding hydrogens is 817 g/mol. The Morgan fingerprint density at radius 2 is 0.591 bits per heavy atom. The average molecular weight is 913 g/mol. The van der Waals surface area contributed by atoms with Gasteiger partial charge in [-0.2, -0.15) is 0 Å². The summed E-state index contributed by atoms with van der Waals surface area (Å²) in [6.45, 7) is 6.37. The van der Waals surface area contributed by atoms with E-state index in [1.165, 1.54) is 44.9 Å². The number of ether oxygens (including phenoxy) is 3. The van der Waals surface area contributed by atoms with Gasteiger partial charge in [0.25, 0.3) is 0 Å². The van der Waals surface area contributed by atoms with Crippen LogP contribution in [0.3, 0.4) is 0 Å². The van der Waals surface area contributed by atoms with E-state index in [0.717, 1.165) is 135 Å². The first-order valence-electron chi connectivity index (χ1n) is 26.5. The van der Waals surface area contributed by atoms with E-state index in [0.29, 0.717) is 19.3 Å². The van der Waals surface area contributed by atoms with Gasteiger partial charge in [0.05, 0.1) is 0 Å². The van der Waals surface area contributed by atoms with Gasteiger partial charge in [-0.3, -0.25) is 14.4 Å². The summed E-state index contributed by atoms with van der Waals surface area (Å²) < 4.78 is 16.6. The quantitative estimate of drug-likeness (QED) is 0.0262. The molecule has 0 aliphatic heterocycles. The molecule has 0 spiro atoms. The summed E-state index contributed by atoms with van der Waals surface area (Å²) in [6.07, 6.45) is 73.9. The zero-order valence-electron chi connectivity index (χ0n) is 42.4. The molecule has 0 radical (unpaired) electrons. The smallest absolute Gasteiger partial charge is 0.306 e. The highest BCUT2D eigenvalue weighted by molar-refractivity contribution is 5.71. The summed E-state index contributed by atoms with van der Waals surface area (Å²) in [5.74, 6) is -0.939. The maximum Gasteiger partial charge on any atom is 0.306 e. The van der Waals surface area contributed by atoms with Crippen molar-refractivity contribution < 1.29 is 28.6 Å². The first kappa shape index (κ1) is 61.8. The van der Waals surface area contributed by atoms with Crippen LogP contribution >= 0.6 is 0 Å². The van der Waals surface area contributed by atoms with E-state index < -0.39 is 6.10 Å². The molecule has 0 fully saturated rings. The fourth-order valence-electron chi connectivity index (χ4n) is 6.76. The van der Waals surface area contributed by atoms with Gasteiger partial charge in [-0.25, -0.2) is 0 Å². The van der Waals surface area contributed by atoms with Crippen molar-refractivity contribution in [2.45, 2.75) is 226 Å². The van der Waals surface area contributed by atoms with Gasteiger partial charge in [-0.05, 0) is 96.3 Å². The second-order valence-electron chi connectivity index (χ2n) is 17.1. The van der Waals surface area contributed by atoms with E-state index in [1.54, 1.807) is 0 Å². The van der Waals surface area contributed by atoms with Crippen LogP contribution in [0.4, 0.5) is 0 Å². The number of rotatable bonds is 46. The zero-order valence-corrected chi connectivity index (χ0v) is 42.4. The van der Waals surface area contributed by atoms with Crippen molar-refractivity contribution in [2.24, 2.45) is 0 Å². The lowest BCUT2D eigenvalue weighted by Crippen LogP contribution is -2.30. The maximum atomic E-state index is 12.6. The first-order valence-corrected chi connectivity index (χ1v) is 26.5. The highest BCUT2D eigenvalue weighted by Crippen LogP contribution is 2.12. The van der Waals surface area contributed by atoms with Crippen LogP contribution in [0, 0.1) is 0 Å². The normalized spacial score (nSPS) is 13.1. The van der Waals surface area contributed by atoms with E-state index in [2.05, 4.69) is 142 Å². The van der Waals surface area contributed by atoms with Gasteiger partial charge in [0, 0.05) is 19.3 Å². The lowest BCUT2D eigenvalue weighted by molar-refractivity contribution is -0.167. The Balaban J connectivity index is 4.06. The molecular formula is C60H96O6. The Bertz CT molecular complexity index is 1420. The molecule has 372 valence electrons. The van der Waals surface area contributed by atoms with Crippen LogP contribution < -0.4 is 0 Å². The molecule has 0 bridgehead atoms. The molecule has 0 saturated heterocycles. The number of esters is 3. The second-order valence-corrected chi connectivity index (χ2v) is 17.1. The molecule has 0 saturated carbocycles.